The summed E-state index contributed by atoms with van der Waals surface area (Å²) in [5.74, 6) is -3.13. The second kappa shape index (κ2) is 14.7. The molecule has 2 aromatic carbocycles. The van der Waals surface area contributed by atoms with Gasteiger partial charge in [-0.15, -0.1) is 5.10 Å². The van der Waals surface area contributed by atoms with Crippen LogP contribution in [0.5, 0.6) is 0 Å². The number of carboxylic acids is 1. The zero-order chi connectivity index (χ0) is 37.1. The molecule has 1 amide bonds. The number of carbonyl (C=O) groups excluding carboxylic acids is 1. The Morgan fingerprint density at radius 3 is 2.41 bits per heavy atom. The van der Waals surface area contributed by atoms with E-state index in [0.717, 1.165) is 27.6 Å². The van der Waals surface area contributed by atoms with Gasteiger partial charge in [-0.05, 0) is 54.3 Å². The summed E-state index contributed by atoms with van der Waals surface area (Å²) in [5.41, 5.74) is 2.36. The molecule has 266 valence electrons. The van der Waals surface area contributed by atoms with Crippen molar-refractivity contribution in [1.82, 2.24) is 29.5 Å². The number of nitrogens with zero attached hydrogens (tertiary/aromatic N) is 6. The van der Waals surface area contributed by atoms with Crippen LogP contribution in [-0.4, -0.2) is 52.7 Å². The number of anilines is 1. The van der Waals surface area contributed by atoms with Crippen LogP contribution in [0.2, 0.25) is 5.02 Å². The first kappa shape index (κ1) is 36.7. The highest BCUT2D eigenvalue weighted by atomic mass is 35.5. The van der Waals surface area contributed by atoms with Crippen molar-refractivity contribution < 1.29 is 41.0 Å². The molecule has 3 aromatic heterocycles. The molecule has 0 saturated carbocycles. The highest BCUT2D eigenvalue weighted by Crippen LogP contribution is 2.34. The van der Waals surface area contributed by atoms with Gasteiger partial charge in [0.25, 0.3) is 5.56 Å². The maximum absolute atomic E-state index is 13.7. The van der Waals surface area contributed by atoms with Gasteiger partial charge < -0.3 is 10.4 Å². The summed E-state index contributed by atoms with van der Waals surface area (Å²) in [6.07, 6.45) is -2.46. The first-order chi connectivity index (χ1) is 24.0. The topological polar surface area (TPSA) is 145 Å². The van der Waals surface area contributed by atoms with E-state index in [4.69, 9.17) is 21.5 Å². The van der Waals surface area contributed by atoms with Crippen LogP contribution in [0.25, 0.3) is 28.1 Å². The number of fused-ring (bicyclic) bond motifs is 4. The molecular weight excluding hydrogens is 708 g/mol. The summed E-state index contributed by atoms with van der Waals surface area (Å²) in [6.45, 7) is 1.86. The molecule has 2 atom stereocenters. The molecule has 0 spiro atoms. The Bertz CT molecular complexity index is 2130. The summed E-state index contributed by atoms with van der Waals surface area (Å²) in [7, 11) is 0. The van der Waals surface area contributed by atoms with Crippen molar-refractivity contribution in [3.63, 3.8) is 0 Å². The van der Waals surface area contributed by atoms with E-state index in [1.165, 1.54) is 35.2 Å². The number of benzene rings is 2. The van der Waals surface area contributed by atoms with Crippen LogP contribution >= 0.6 is 11.6 Å². The van der Waals surface area contributed by atoms with E-state index in [9.17, 15) is 35.9 Å². The van der Waals surface area contributed by atoms with E-state index in [1.54, 1.807) is 12.4 Å². The summed E-state index contributed by atoms with van der Waals surface area (Å²) in [5, 5.41) is 17.3. The van der Waals surface area contributed by atoms with Gasteiger partial charge in [-0.2, -0.15) is 26.3 Å². The fraction of sp³-hybridized carbons (Fsp3) is 0.242. The van der Waals surface area contributed by atoms with Crippen LogP contribution in [0.3, 0.4) is 0 Å². The van der Waals surface area contributed by atoms with Gasteiger partial charge in [-0.3, -0.25) is 19.1 Å². The normalized spacial score (nSPS) is 16.4. The van der Waals surface area contributed by atoms with Crippen molar-refractivity contribution in [2.45, 2.75) is 44.6 Å². The van der Waals surface area contributed by atoms with Crippen LogP contribution in [-0.2, 0) is 15.8 Å². The number of aliphatic carboxylic acids is 1. The predicted octanol–water partition coefficient (Wildman–Crippen LogP) is 7.21. The maximum atomic E-state index is 13.7. The zero-order valence-electron chi connectivity index (χ0n) is 26.3. The number of carbonyl (C=O) groups is 2. The van der Waals surface area contributed by atoms with Gasteiger partial charge in [0.05, 0.1) is 41.8 Å². The lowest BCUT2D eigenvalue weighted by Crippen LogP contribution is -2.26. The molecule has 6 rings (SSSR count). The van der Waals surface area contributed by atoms with E-state index in [2.05, 4.69) is 25.6 Å². The largest absolute Gasteiger partial charge is 0.490 e. The highest BCUT2D eigenvalue weighted by Gasteiger charge is 2.38. The lowest BCUT2D eigenvalue weighted by Gasteiger charge is -2.23. The predicted molar refractivity (Wildman–Crippen MR) is 172 cm³/mol. The van der Waals surface area contributed by atoms with Crippen molar-refractivity contribution >= 4 is 29.2 Å². The molecule has 1 aliphatic heterocycles. The van der Waals surface area contributed by atoms with E-state index in [1.807, 2.05) is 37.3 Å². The molecule has 18 heteroatoms. The number of rotatable bonds is 3. The Morgan fingerprint density at radius 2 is 1.75 bits per heavy atom. The number of halogens is 7. The quantitative estimate of drug-likeness (QED) is 0.185. The molecule has 0 unspecified atom stereocenters. The fourth-order valence-corrected chi connectivity index (χ4v) is 5.52. The third-order valence-electron chi connectivity index (χ3n) is 7.90. The van der Waals surface area contributed by atoms with Crippen LogP contribution in [0.4, 0.5) is 32.0 Å². The lowest BCUT2D eigenvalue weighted by molar-refractivity contribution is -0.192. The van der Waals surface area contributed by atoms with Gasteiger partial charge in [0, 0.05) is 34.3 Å². The van der Waals surface area contributed by atoms with Gasteiger partial charge in [0.1, 0.15) is 0 Å². The average molecular weight is 734 g/mol. The Balaban J connectivity index is 0.000000654. The molecule has 1 aliphatic rings. The van der Waals surface area contributed by atoms with Crippen LogP contribution in [0.1, 0.15) is 43.5 Å². The molecule has 11 nitrogen and oxygen atoms in total. The standard InChI is InChI=1S/C31H25ClF3N7O2.C2HF3O2/c1-18-4-2-7-26(20-6-3-5-19(12-20)22-10-11-36-15-25(22)38-30(18)44)41-17-37-24(14-29(41)43)23-13-21(32)8-9-27(23)42-16-28(39-40-42)31(33,34)35;3-2(4,5)1(6)7/h3,5-6,8-18,26H,2,4,7H2,1H3,(H,38,44);(H,6,7)/t18-,26+;/m1./s1. The summed E-state index contributed by atoms with van der Waals surface area (Å²) in [6, 6.07) is 15.0. The third-order valence-corrected chi connectivity index (χ3v) is 8.14. The number of aromatic nitrogens is 6. The van der Waals surface area contributed by atoms with Gasteiger partial charge >= 0.3 is 18.3 Å². The number of amides is 1. The van der Waals surface area contributed by atoms with Crippen LogP contribution in [0.15, 0.2) is 84.3 Å². The van der Waals surface area contributed by atoms with Gasteiger partial charge in [-0.25, -0.2) is 14.5 Å². The number of hydrogen-bond donors (Lipinski definition) is 2. The fourth-order valence-electron chi connectivity index (χ4n) is 5.35. The minimum Gasteiger partial charge on any atom is -0.475 e. The molecule has 0 radical (unpaired) electrons. The zero-order valence-corrected chi connectivity index (χ0v) is 27.0. The number of carboxylic acid groups (broad SMARTS) is 1. The van der Waals surface area contributed by atoms with E-state index < -0.39 is 30.1 Å². The number of alkyl halides is 6. The lowest BCUT2D eigenvalue weighted by atomic mass is 9.93. The minimum atomic E-state index is -5.08. The number of pyridine rings is 1. The van der Waals surface area contributed by atoms with Crippen LogP contribution in [0, 0.1) is 5.92 Å². The smallest absolute Gasteiger partial charge is 0.475 e. The number of nitrogens with one attached hydrogen (secondary N) is 1. The summed E-state index contributed by atoms with van der Waals surface area (Å²) in [4.78, 5) is 44.2. The first-order valence-corrected chi connectivity index (χ1v) is 15.4. The maximum Gasteiger partial charge on any atom is 0.490 e. The second-order valence-electron chi connectivity index (χ2n) is 11.4. The number of hydrogen-bond acceptors (Lipinski definition) is 7. The summed E-state index contributed by atoms with van der Waals surface area (Å²) >= 11 is 6.24. The molecule has 4 heterocycles. The molecule has 5 aromatic rings. The van der Waals surface area contributed by atoms with E-state index in [0.29, 0.717) is 35.5 Å². The first-order valence-electron chi connectivity index (χ1n) is 15.1. The highest BCUT2D eigenvalue weighted by molar-refractivity contribution is 6.31. The van der Waals surface area contributed by atoms with Crippen molar-refractivity contribution in [1.29, 1.82) is 0 Å². The molecule has 0 fully saturated rings. The second-order valence-corrected chi connectivity index (χ2v) is 11.9. The van der Waals surface area contributed by atoms with Gasteiger partial charge in [0.15, 0.2) is 5.69 Å². The minimum absolute atomic E-state index is 0.109. The van der Waals surface area contributed by atoms with Crippen molar-refractivity contribution in [3.05, 3.63) is 106 Å². The molecular formula is C33H26ClF6N7O4. The van der Waals surface area contributed by atoms with Gasteiger partial charge in [0.2, 0.25) is 5.91 Å². The summed E-state index contributed by atoms with van der Waals surface area (Å²) < 4.78 is 73.8. The molecule has 2 bridgehead atoms. The van der Waals surface area contributed by atoms with Crippen molar-refractivity contribution in [2.24, 2.45) is 5.92 Å². The SMILES string of the molecule is C[C@@H]1CCC[C@H](n2cnc(-c3cc(Cl)ccc3-n3cc(C(F)(F)F)nn3)cc2=O)c2cccc(c2)-c2ccncc2NC1=O.O=C(O)C(F)(F)F. The molecule has 0 aliphatic carbocycles. The van der Waals surface area contributed by atoms with E-state index >= 15 is 0 Å². The van der Waals surface area contributed by atoms with Crippen LogP contribution < -0.4 is 10.9 Å². The average Bonchev–Trinajstić information content (AvgIpc) is 3.58. The van der Waals surface area contributed by atoms with Gasteiger partial charge in [-0.1, -0.05) is 48.4 Å². The Kier molecular flexibility index (Phi) is 10.6. The Morgan fingerprint density at radius 1 is 1.00 bits per heavy atom. The molecule has 2 N–H and O–H groups in total. The molecule has 51 heavy (non-hydrogen) atoms. The van der Waals surface area contributed by atoms with Crippen molar-refractivity contribution in [2.75, 3.05) is 5.32 Å². The van der Waals surface area contributed by atoms with E-state index in [-0.39, 0.29) is 28.8 Å². The molecule has 0 saturated heterocycles. The third kappa shape index (κ3) is 8.60. The van der Waals surface area contributed by atoms with Crippen molar-refractivity contribution in [3.8, 4) is 28.1 Å². The monoisotopic (exact) mass is 733 g/mol. The Hall–Kier alpha value is -5.58. The Labute approximate surface area is 289 Å².